The number of rotatable bonds is 7. The van der Waals surface area contributed by atoms with Crippen molar-refractivity contribution in [2.45, 2.75) is 32.7 Å². The Morgan fingerprint density at radius 1 is 1.28 bits per heavy atom. The van der Waals surface area contributed by atoms with Crippen LogP contribution in [0.2, 0.25) is 0 Å². The quantitative estimate of drug-likeness (QED) is 0.551. The first-order valence-corrected chi connectivity index (χ1v) is 6.16. The van der Waals surface area contributed by atoms with Crippen molar-refractivity contribution in [2.75, 3.05) is 6.61 Å². The van der Waals surface area contributed by atoms with Crippen molar-refractivity contribution in [3.8, 4) is 0 Å². The summed E-state index contributed by atoms with van der Waals surface area (Å²) in [6, 6.07) is 8.80. The van der Waals surface area contributed by atoms with Gasteiger partial charge in [0.2, 0.25) is 0 Å². The standard InChI is InChI=1S/C14H19NO3/c1-11(2)10-18-14(16)13(15-17)9-8-12-6-4-3-5-7-12/h3-7,11,13H,8-10H2,1-2H3. The van der Waals surface area contributed by atoms with E-state index in [1.807, 2.05) is 44.2 Å². The topological polar surface area (TPSA) is 55.7 Å². The van der Waals surface area contributed by atoms with Gasteiger partial charge in [0.05, 0.1) is 6.61 Å². The third kappa shape index (κ3) is 5.08. The van der Waals surface area contributed by atoms with E-state index >= 15 is 0 Å². The molecular formula is C14H19NO3. The van der Waals surface area contributed by atoms with E-state index in [2.05, 4.69) is 5.18 Å². The summed E-state index contributed by atoms with van der Waals surface area (Å²) in [5.41, 5.74) is 1.09. The Bertz CT molecular complexity index is 376. The molecule has 0 aliphatic rings. The normalized spacial score (nSPS) is 12.2. The minimum atomic E-state index is -0.899. The molecule has 1 atom stereocenters. The lowest BCUT2D eigenvalue weighted by Crippen LogP contribution is -2.23. The van der Waals surface area contributed by atoms with Gasteiger partial charge in [-0.25, -0.2) is 4.79 Å². The number of nitroso groups, excluding NO2 is 1. The highest BCUT2D eigenvalue weighted by molar-refractivity contribution is 5.75. The Kier molecular flexibility index (Phi) is 6.05. The van der Waals surface area contributed by atoms with Gasteiger partial charge in [0, 0.05) is 0 Å². The zero-order chi connectivity index (χ0) is 13.4. The third-order valence-electron chi connectivity index (χ3n) is 2.51. The van der Waals surface area contributed by atoms with Gasteiger partial charge in [-0.15, -0.1) is 4.91 Å². The zero-order valence-corrected chi connectivity index (χ0v) is 10.8. The average Bonchev–Trinajstić information content (AvgIpc) is 2.38. The molecule has 1 aromatic carbocycles. The van der Waals surface area contributed by atoms with E-state index in [1.165, 1.54) is 0 Å². The number of benzene rings is 1. The first-order chi connectivity index (χ1) is 8.63. The molecule has 0 spiro atoms. The summed E-state index contributed by atoms with van der Waals surface area (Å²) in [4.78, 5) is 22.2. The highest BCUT2D eigenvalue weighted by Gasteiger charge is 2.20. The summed E-state index contributed by atoms with van der Waals surface area (Å²) in [5, 5.41) is 2.86. The fourth-order valence-corrected chi connectivity index (χ4v) is 1.51. The number of aryl methyl sites for hydroxylation is 1. The van der Waals surface area contributed by atoms with Crippen LogP contribution < -0.4 is 0 Å². The maximum atomic E-state index is 11.6. The van der Waals surface area contributed by atoms with E-state index in [4.69, 9.17) is 4.74 Å². The van der Waals surface area contributed by atoms with Crippen LogP contribution in [0.4, 0.5) is 0 Å². The molecule has 0 heterocycles. The number of carbonyl (C=O) groups excluding carboxylic acids is 1. The van der Waals surface area contributed by atoms with Crippen LogP contribution in [0.3, 0.4) is 0 Å². The number of ether oxygens (including phenoxy) is 1. The summed E-state index contributed by atoms with van der Waals surface area (Å²) < 4.78 is 5.01. The van der Waals surface area contributed by atoms with Crippen molar-refractivity contribution in [1.29, 1.82) is 0 Å². The second-order valence-electron chi connectivity index (χ2n) is 4.67. The molecule has 1 unspecified atom stereocenters. The summed E-state index contributed by atoms with van der Waals surface area (Å²) in [6.45, 7) is 4.22. The Hall–Kier alpha value is -1.71. The Morgan fingerprint density at radius 2 is 1.94 bits per heavy atom. The SMILES string of the molecule is CC(C)COC(=O)C(CCc1ccccc1)N=O. The van der Waals surface area contributed by atoms with Crippen LogP contribution in [0.25, 0.3) is 0 Å². The van der Waals surface area contributed by atoms with Crippen LogP contribution >= 0.6 is 0 Å². The van der Waals surface area contributed by atoms with Gasteiger partial charge in [-0.2, -0.15) is 0 Å². The van der Waals surface area contributed by atoms with E-state index < -0.39 is 12.0 Å². The van der Waals surface area contributed by atoms with Crippen LogP contribution in [0.5, 0.6) is 0 Å². The largest absolute Gasteiger partial charge is 0.464 e. The van der Waals surface area contributed by atoms with Gasteiger partial charge in [0.15, 0.2) is 6.04 Å². The predicted molar refractivity (Wildman–Crippen MR) is 70.1 cm³/mol. The predicted octanol–water partition coefficient (Wildman–Crippen LogP) is 2.95. The molecule has 4 nitrogen and oxygen atoms in total. The minimum Gasteiger partial charge on any atom is -0.464 e. The van der Waals surface area contributed by atoms with Gasteiger partial charge in [-0.1, -0.05) is 49.4 Å². The van der Waals surface area contributed by atoms with E-state index in [9.17, 15) is 9.70 Å². The third-order valence-corrected chi connectivity index (χ3v) is 2.51. The van der Waals surface area contributed by atoms with E-state index in [-0.39, 0.29) is 5.92 Å². The zero-order valence-electron chi connectivity index (χ0n) is 10.8. The van der Waals surface area contributed by atoms with Crippen molar-refractivity contribution in [2.24, 2.45) is 11.1 Å². The molecule has 1 aromatic rings. The minimum absolute atomic E-state index is 0.260. The van der Waals surface area contributed by atoms with Gasteiger partial charge >= 0.3 is 5.97 Å². The molecule has 1 rings (SSSR count). The number of esters is 1. The number of hydrogen-bond acceptors (Lipinski definition) is 4. The number of carbonyl (C=O) groups is 1. The molecule has 98 valence electrons. The van der Waals surface area contributed by atoms with Crippen LogP contribution in [0, 0.1) is 10.8 Å². The van der Waals surface area contributed by atoms with Gasteiger partial charge < -0.3 is 4.74 Å². The molecule has 4 heteroatoms. The molecule has 0 aromatic heterocycles. The molecule has 0 bridgehead atoms. The molecule has 0 saturated carbocycles. The molecule has 0 N–H and O–H groups in total. The lowest BCUT2D eigenvalue weighted by molar-refractivity contribution is -0.146. The van der Waals surface area contributed by atoms with E-state index in [0.29, 0.717) is 19.4 Å². The van der Waals surface area contributed by atoms with Gasteiger partial charge in [-0.3, -0.25) is 0 Å². The average molecular weight is 249 g/mol. The lowest BCUT2D eigenvalue weighted by atomic mass is 10.1. The molecule has 0 saturated heterocycles. The van der Waals surface area contributed by atoms with Gasteiger partial charge in [0.1, 0.15) is 0 Å². The fraction of sp³-hybridized carbons (Fsp3) is 0.500. The van der Waals surface area contributed by atoms with Crippen molar-refractivity contribution in [3.05, 3.63) is 40.8 Å². The highest BCUT2D eigenvalue weighted by Crippen LogP contribution is 2.09. The molecule has 18 heavy (non-hydrogen) atoms. The summed E-state index contributed by atoms with van der Waals surface area (Å²) in [5.74, 6) is -0.259. The lowest BCUT2D eigenvalue weighted by Gasteiger charge is -2.11. The number of nitrogens with zero attached hydrogens (tertiary/aromatic N) is 1. The van der Waals surface area contributed by atoms with Crippen molar-refractivity contribution >= 4 is 5.97 Å². The molecular weight excluding hydrogens is 230 g/mol. The smallest absolute Gasteiger partial charge is 0.334 e. The second kappa shape index (κ2) is 7.58. The Balaban J connectivity index is 2.42. The van der Waals surface area contributed by atoms with Crippen LogP contribution in [-0.2, 0) is 16.0 Å². The molecule has 0 amide bonds. The molecule has 0 radical (unpaired) electrons. The summed E-state index contributed by atoms with van der Waals surface area (Å²) in [7, 11) is 0. The summed E-state index contributed by atoms with van der Waals surface area (Å²) >= 11 is 0. The second-order valence-corrected chi connectivity index (χ2v) is 4.67. The van der Waals surface area contributed by atoms with E-state index in [0.717, 1.165) is 5.56 Å². The number of hydrogen-bond donors (Lipinski definition) is 0. The molecule has 0 aliphatic heterocycles. The van der Waals surface area contributed by atoms with Gasteiger partial charge in [0.25, 0.3) is 0 Å². The molecule has 0 aliphatic carbocycles. The highest BCUT2D eigenvalue weighted by atomic mass is 16.5. The van der Waals surface area contributed by atoms with E-state index in [1.54, 1.807) is 0 Å². The first-order valence-electron chi connectivity index (χ1n) is 6.16. The monoisotopic (exact) mass is 249 g/mol. The summed E-state index contributed by atoms with van der Waals surface area (Å²) in [6.07, 6.45) is 1.04. The Morgan fingerprint density at radius 3 is 2.50 bits per heavy atom. The van der Waals surface area contributed by atoms with Crippen molar-refractivity contribution < 1.29 is 9.53 Å². The van der Waals surface area contributed by atoms with Crippen LogP contribution in [0.1, 0.15) is 25.8 Å². The van der Waals surface area contributed by atoms with Crippen LogP contribution in [0.15, 0.2) is 35.5 Å². The maximum Gasteiger partial charge on any atom is 0.334 e. The Labute approximate surface area is 107 Å². The fourth-order valence-electron chi connectivity index (χ4n) is 1.51. The van der Waals surface area contributed by atoms with Gasteiger partial charge in [-0.05, 0) is 24.3 Å². The molecule has 0 fully saturated rings. The van der Waals surface area contributed by atoms with Crippen molar-refractivity contribution in [1.82, 2.24) is 0 Å². The van der Waals surface area contributed by atoms with Crippen LogP contribution in [-0.4, -0.2) is 18.6 Å². The maximum absolute atomic E-state index is 11.6. The van der Waals surface area contributed by atoms with Crippen molar-refractivity contribution in [3.63, 3.8) is 0 Å². The first kappa shape index (κ1) is 14.4.